The molecule has 0 fully saturated rings. The summed E-state index contributed by atoms with van der Waals surface area (Å²) in [4.78, 5) is 12.4. The van der Waals surface area contributed by atoms with Crippen LogP contribution in [-0.4, -0.2) is 5.78 Å². The molecular formula is C15H12BrFO. The van der Waals surface area contributed by atoms with Crippen LogP contribution >= 0.6 is 15.9 Å². The van der Waals surface area contributed by atoms with Crippen LogP contribution in [0.3, 0.4) is 0 Å². The molecule has 2 rings (SSSR count). The Kier molecular flexibility index (Phi) is 3.62. The summed E-state index contributed by atoms with van der Waals surface area (Å²) in [7, 11) is 0. The molecule has 0 amide bonds. The Morgan fingerprint density at radius 1 is 1.11 bits per heavy atom. The molecule has 18 heavy (non-hydrogen) atoms. The fraction of sp³-hybridized carbons (Fsp3) is 0.133. The van der Waals surface area contributed by atoms with Crippen molar-refractivity contribution < 1.29 is 9.18 Å². The van der Waals surface area contributed by atoms with Crippen LogP contribution in [0.25, 0.3) is 0 Å². The predicted molar refractivity (Wildman–Crippen MR) is 73.4 cm³/mol. The molecule has 0 saturated heterocycles. The van der Waals surface area contributed by atoms with Gasteiger partial charge in [0.05, 0.1) is 5.56 Å². The highest BCUT2D eigenvalue weighted by molar-refractivity contribution is 9.10. The maximum atomic E-state index is 13.8. The van der Waals surface area contributed by atoms with Gasteiger partial charge >= 0.3 is 0 Å². The maximum absolute atomic E-state index is 13.8. The van der Waals surface area contributed by atoms with Crippen molar-refractivity contribution in [1.29, 1.82) is 0 Å². The zero-order chi connectivity index (χ0) is 13.3. The van der Waals surface area contributed by atoms with Crippen molar-refractivity contribution in [2.75, 3.05) is 0 Å². The molecule has 0 aliphatic heterocycles. The quantitative estimate of drug-likeness (QED) is 0.750. The molecule has 1 nitrogen and oxygen atoms in total. The average Bonchev–Trinajstić information content (AvgIpc) is 2.32. The van der Waals surface area contributed by atoms with Gasteiger partial charge in [-0.1, -0.05) is 24.3 Å². The second-order valence-electron chi connectivity index (χ2n) is 4.17. The van der Waals surface area contributed by atoms with Crippen LogP contribution in [-0.2, 0) is 0 Å². The first kappa shape index (κ1) is 13.0. The van der Waals surface area contributed by atoms with E-state index in [-0.39, 0.29) is 11.3 Å². The number of hydrogen-bond acceptors (Lipinski definition) is 1. The van der Waals surface area contributed by atoms with E-state index in [0.717, 1.165) is 11.1 Å². The summed E-state index contributed by atoms with van der Waals surface area (Å²) in [6, 6.07) is 10.0. The lowest BCUT2D eigenvalue weighted by Crippen LogP contribution is -2.08. The zero-order valence-corrected chi connectivity index (χ0v) is 11.7. The number of aryl methyl sites for hydroxylation is 1. The van der Waals surface area contributed by atoms with Gasteiger partial charge in [-0.2, -0.15) is 0 Å². The van der Waals surface area contributed by atoms with Gasteiger partial charge in [0.2, 0.25) is 0 Å². The van der Waals surface area contributed by atoms with Crippen LogP contribution in [0, 0.1) is 19.7 Å². The van der Waals surface area contributed by atoms with E-state index in [2.05, 4.69) is 15.9 Å². The van der Waals surface area contributed by atoms with Crippen LogP contribution in [0.1, 0.15) is 27.0 Å². The molecule has 0 aromatic heterocycles. The minimum Gasteiger partial charge on any atom is -0.288 e. The van der Waals surface area contributed by atoms with Gasteiger partial charge < -0.3 is 0 Å². The highest BCUT2D eigenvalue weighted by Gasteiger charge is 2.19. The fourth-order valence-corrected chi connectivity index (χ4v) is 2.37. The average molecular weight is 307 g/mol. The molecule has 0 radical (unpaired) electrons. The van der Waals surface area contributed by atoms with E-state index < -0.39 is 5.82 Å². The van der Waals surface area contributed by atoms with Gasteiger partial charge in [-0.05, 0) is 53.0 Å². The van der Waals surface area contributed by atoms with Gasteiger partial charge in [-0.3, -0.25) is 4.79 Å². The van der Waals surface area contributed by atoms with Crippen molar-refractivity contribution in [3.63, 3.8) is 0 Å². The Labute approximate surface area is 114 Å². The summed E-state index contributed by atoms with van der Waals surface area (Å²) in [6.45, 7) is 3.81. The van der Waals surface area contributed by atoms with Gasteiger partial charge in [0.15, 0.2) is 5.78 Å². The number of carbonyl (C=O) groups is 1. The first-order chi connectivity index (χ1) is 8.52. The van der Waals surface area contributed by atoms with Crippen molar-refractivity contribution in [2.45, 2.75) is 13.8 Å². The van der Waals surface area contributed by atoms with Gasteiger partial charge in [-0.25, -0.2) is 4.39 Å². The normalized spacial score (nSPS) is 10.4. The Bertz CT molecular complexity index is 600. The number of halogens is 2. The van der Waals surface area contributed by atoms with Crippen LogP contribution in [0.5, 0.6) is 0 Å². The first-order valence-corrected chi connectivity index (χ1v) is 6.36. The predicted octanol–water partition coefficient (Wildman–Crippen LogP) is 4.44. The molecule has 0 aliphatic rings. The third kappa shape index (κ3) is 2.23. The van der Waals surface area contributed by atoms with Gasteiger partial charge in [0.1, 0.15) is 5.82 Å². The molecule has 92 valence electrons. The first-order valence-electron chi connectivity index (χ1n) is 5.57. The Hall–Kier alpha value is -1.48. The Balaban J connectivity index is 2.59. The zero-order valence-electron chi connectivity index (χ0n) is 10.1. The molecule has 2 aromatic carbocycles. The number of carbonyl (C=O) groups excluding carboxylic acids is 1. The molecule has 0 aliphatic carbocycles. The summed E-state index contributed by atoms with van der Waals surface area (Å²) in [5.74, 6) is -0.795. The lowest BCUT2D eigenvalue weighted by atomic mass is 9.96. The second-order valence-corrected chi connectivity index (χ2v) is 5.03. The minimum absolute atomic E-state index is 0.0891. The molecule has 2 aromatic rings. The summed E-state index contributed by atoms with van der Waals surface area (Å²) in [5.41, 5.74) is 2.54. The fourth-order valence-electron chi connectivity index (χ4n) is 1.85. The van der Waals surface area contributed by atoms with Crippen molar-refractivity contribution in [1.82, 2.24) is 0 Å². The lowest BCUT2D eigenvalue weighted by molar-refractivity contribution is 0.103. The third-order valence-corrected chi connectivity index (χ3v) is 3.70. The van der Waals surface area contributed by atoms with E-state index >= 15 is 0 Å². The standard InChI is InChI=1S/C15H12BrFO/c1-9-5-3-6-11(10(9)2)15(18)14-12(16)7-4-8-13(14)17/h3-8H,1-2H3. The van der Waals surface area contributed by atoms with E-state index in [1.807, 2.05) is 26.0 Å². The molecule has 0 N–H and O–H groups in total. The molecule has 0 heterocycles. The van der Waals surface area contributed by atoms with Crippen molar-refractivity contribution in [3.8, 4) is 0 Å². The second kappa shape index (κ2) is 5.02. The van der Waals surface area contributed by atoms with Crippen molar-refractivity contribution in [2.24, 2.45) is 0 Å². The SMILES string of the molecule is Cc1cccc(C(=O)c2c(F)cccc2Br)c1C. The lowest BCUT2D eigenvalue weighted by Gasteiger charge is -2.09. The van der Waals surface area contributed by atoms with Gasteiger partial charge in [-0.15, -0.1) is 0 Å². The minimum atomic E-state index is -0.504. The highest BCUT2D eigenvalue weighted by Crippen LogP contribution is 2.25. The van der Waals surface area contributed by atoms with Crippen molar-refractivity contribution in [3.05, 3.63) is 68.9 Å². The molecule has 0 saturated carbocycles. The third-order valence-electron chi connectivity index (χ3n) is 3.04. The number of ketones is 1. The maximum Gasteiger partial charge on any atom is 0.197 e. The van der Waals surface area contributed by atoms with Crippen LogP contribution in [0.15, 0.2) is 40.9 Å². The van der Waals surface area contributed by atoms with Gasteiger partial charge in [0, 0.05) is 10.0 Å². The molecule has 3 heteroatoms. The largest absolute Gasteiger partial charge is 0.288 e. The molecule has 0 unspecified atom stereocenters. The van der Waals surface area contributed by atoms with E-state index in [4.69, 9.17) is 0 Å². The molecule has 0 bridgehead atoms. The molecule has 0 spiro atoms. The molecular weight excluding hydrogens is 295 g/mol. The van der Waals surface area contributed by atoms with Crippen molar-refractivity contribution >= 4 is 21.7 Å². The number of hydrogen-bond donors (Lipinski definition) is 0. The number of benzene rings is 2. The highest BCUT2D eigenvalue weighted by atomic mass is 79.9. The smallest absolute Gasteiger partial charge is 0.197 e. The van der Waals surface area contributed by atoms with E-state index in [1.54, 1.807) is 18.2 Å². The van der Waals surface area contributed by atoms with Crippen LogP contribution in [0.2, 0.25) is 0 Å². The van der Waals surface area contributed by atoms with Crippen LogP contribution in [0.4, 0.5) is 4.39 Å². The summed E-state index contributed by atoms with van der Waals surface area (Å²) in [6.07, 6.45) is 0. The molecule has 0 atom stereocenters. The monoisotopic (exact) mass is 306 g/mol. The van der Waals surface area contributed by atoms with Crippen LogP contribution < -0.4 is 0 Å². The van der Waals surface area contributed by atoms with Gasteiger partial charge in [0.25, 0.3) is 0 Å². The summed E-state index contributed by atoms with van der Waals surface area (Å²) in [5, 5.41) is 0. The van der Waals surface area contributed by atoms with E-state index in [9.17, 15) is 9.18 Å². The Morgan fingerprint density at radius 3 is 2.44 bits per heavy atom. The number of rotatable bonds is 2. The van der Waals surface area contributed by atoms with E-state index in [1.165, 1.54) is 6.07 Å². The Morgan fingerprint density at radius 2 is 1.78 bits per heavy atom. The summed E-state index contributed by atoms with van der Waals surface area (Å²) < 4.78 is 14.2. The van der Waals surface area contributed by atoms with E-state index in [0.29, 0.717) is 10.0 Å². The summed E-state index contributed by atoms with van der Waals surface area (Å²) >= 11 is 3.23. The topological polar surface area (TPSA) is 17.1 Å².